The Bertz CT molecular complexity index is 614. The molecule has 5 heteroatoms. The number of fused-ring (bicyclic) bond motifs is 1. The van der Waals surface area contributed by atoms with Crippen LogP contribution >= 0.6 is 0 Å². The van der Waals surface area contributed by atoms with Gasteiger partial charge in [0.15, 0.2) is 0 Å². The largest absolute Gasteiger partial charge is 0.487 e. The number of rotatable bonds is 2. The van der Waals surface area contributed by atoms with Crippen LogP contribution in [0.3, 0.4) is 0 Å². The summed E-state index contributed by atoms with van der Waals surface area (Å²) in [4.78, 5) is 14.8. The molecule has 1 aromatic rings. The molecule has 2 amide bonds. The average molecular weight is 329 g/mol. The summed E-state index contributed by atoms with van der Waals surface area (Å²) in [6, 6.07) is 8.35. The molecule has 2 fully saturated rings. The van der Waals surface area contributed by atoms with E-state index in [9.17, 15) is 4.79 Å². The van der Waals surface area contributed by atoms with Crippen molar-refractivity contribution in [3.63, 3.8) is 0 Å². The zero-order valence-electron chi connectivity index (χ0n) is 14.4. The van der Waals surface area contributed by atoms with E-state index in [1.54, 1.807) is 0 Å². The standard InChI is InChI=1S/C19H27N3O2/c1-22-11-4-6-14(13-22)20-18(23)21-16-12-19(9-5-10-19)24-17-8-3-2-7-15(16)17/h2-3,7-8,14,16H,4-6,9-13H2,1H3,(H2,20,21,23)/t14-,16+/m0/s1. The fourth-order valence-electron chi connectivity index (χ4n) is 4.29. The third-order valence-corrected chi connectivity index (χ3v) is 5.73. The summed E-state index contributed by atoms with van der Waals surface area (Å²) in [5.41, 5.74) is 1.04. The van der Waals surface area contributed by atoms with Crippen molar-refractivity contribution in [1.82, 2.24) is 15.5 Å². The Labute approximate surface area is 143 Å². The zero-order chi connectivity index (χ0) is 16.6. The van der Waals surface area contributed by atoms with Gasteiger partial charge in [0, 0.05) is 24.6 Å². The van der Waals surface area contributed by atoms with Crippen LogP contribution in [-0.4, -0.2) is 42.7 Å². The quantitative estimate of drug-likeness (QED) is 0.877. The Balaban J connectivity index is 1.44. The summed E-state index contributed by atoms with van der Waals surface area (Å²) in [6.07, 6.45) is 6.48. The first-order valence-electron chi connectivity index (χ1n) is 9.17. The molecule has 24 heavy (non-hydrogen) atoms. The second-order valence-corrected chi connectivity index (χ2v) is 7.65. The summed E-state index contributed by atoms with van der Waals surface area (Å²) in [5.74, 6) is 0.936. The molecule has 0 aromatic heterocycles. The number of carbonyl (C=O) groups is 1. The predicted octanol–water partition coefficient (Wildman–Crippen LogP) is 2.83. The van der Waals surface area contributed by atoms with Crippen molar-refractivity contribution < 1.29 is 9.53 Å². The van der Waals surface area contributed by atoms with Gasteiger partial charge in [-0.1, -0.05) is 18.2 Å². The molecule has 5 nitrogen and oxygen atoms in total. The Hall–Kier alpha value is -1.75. The Morgan fingerprint density at radius 1 is 1.25 bits per heavy atom. The van der Waals surface area contributed by atoms with Gasteiger partial charge >= 0.3 is 6.03 Å². The number of nitrogens with zero attached hydrogens (tertiary/aromatic N) is 1. The Kier molecular flexibility index (Phi) is 4.12. The average Bonchev–Trinajstić information content (AvgIpc) is 2.53. The SMILES string of the molecule is CN1CCC[C@H](NC(=O)N[C@@H]2CC3(CCC3)Oc3ccccc32)C1. The molecular formula is C19H27N3O2. The van der Waals surface area contributed by atoms with Crippen molar-refractivity contribution in [3.05, 3.63) is 29.8 Å². The van der Waals surface area contributed by atoms with E-state index in [0.29, 0.717) is 0 Å². The molecule has 1 saturated carbocycles. The summed E-state index contributed by atoms with van der Waals surface area (Å²) < 4.78 is 6.25. The highest BCUT2D eigenvalue weighted by molar-refractivity contribution is 5.75. The third-order valence-electron chi connectivity index (χ3n) is 5.73. The first kappa shape index (κ1) is 15.8. The van der Waals surface area contributed by atoms with Crippen LogP contribution in [0.5, 0.6) is 5.75 Å². The van der Waals surface area contributed by atoms with Crippen LogP contribution in [0.2, 0.25) is 0 Å². The maximum atomic E-state index is 12.5. The van der Waals surface area contributed by atoms with Crippen LogP contribution in [-0.2, 0) is 0 Å². The number of hydrogen-bond acceptors (Lipinski definition) is 3. The summed E-state index contributed by atoms with van der Waals surface area (Å²) >= 11 is 0. The number of para-hydroxylation sites is 1. The molecule has 2 N–H and O–H groups in total. The summed E-state index contributed by atoms with van der Waals surface area (Å²) in [6.45, 7) is 2.05. The molecule has 2 aliphatic heterocycles. The number of likely N-dealkylation sites (tertiary alicyclic amines) is 1. The predicted molar refractivity (Wildman–Crippen MR) is 93.2 cm³/mol. The van der Waals surface area contributed by atoms with E-state index in [-0.39, 0.29) is 23.7 Å². The molecule has 2 atom stereocenters. The van der Waals surface area contributed by atoms with Crippen molar-refractivity contribution in [3.8, 4) is 5.75 Å². The van der Waals surface area contributed by atoms with E-state index in [0.717, 1.165) is 56.5 Å². The Morgan fingerprint density at radius 2 is 2.08 bits per heavy atom. The maximum Gasteiger partial charge on any atom is 0.315 e. The van der Waals surface area contributed by atoms with Crippen molar-refractivity contribution in [2.75, 3.05) is 20.1 Å². The number of carbonyl (C=O) groups excluding carboxylic acids is 1. The van der Waals surface area contributed by atoms with Crippen LogP contribution in [0, 0.1) is 0 Å². The first-order chi connectivity index (χ1) is 11.6. The molecular weight excluding hydrogens is 302 g/mol. The van der Waals surface area contributed by atoms with E-state index in [1.165, 1.54) is 6.42 Å². The highest BCUT2D eigenvalue weighted by Crippen LogP contribution is 2.48. The molecule has 130 valence electrons. The van der Waals surface area contributed by atoms with Crippen LogP contribution in [0.15, 0.2) is 24.3 Å². The molecule has 1 aromatic carbocycles. The van der Waals surface area contributed by atoms with Gasteiger partial charge in [-0.3, -0.25) is 0 Å². The fourth-order valence-corrected chi connectivity index (χ4v) is 4.29. The molecule has 2 heterocycles. The van der Waals surface area contributed by atoms with Gasteiger partial charge in [-0.2, -0.15) is 0 Å². The molecule has 0 unspecified atom stereocenters. The minimum atomic E-state index is -0.0582. The van der Waals surface area contributed by atoms with Crippen molar-refractivity contribution in [2.24, 2.45) is 0 Å². The number of ether oxygens (including phenoxy) is 1. The van der Waals surface area contributed by atoms with Crippen molar-refractivity contribution >= 4 is 6.03 Å². The van der Waals surface area contributed by atoms with Gasteiger partial charge in [0.1, 0.15) is 11.4 Å². The zero-order valence-corrected chi connectivity index (χ0v) is 14.4. The van der Waals surface area contributed by atoms with Crippen LogP contribution < -0.4 is 15.4 Å². The van der Waals surface area contributed by atoms with Gasteiger partial charge in [-0.25, -0.2) is 4.79 Å². The van der Waals surface area contributed by atoms with E-state index in [1.807, 2.05) is 18.2 Å². The Morgan fingerprint density at radius 3 is 2.83 bits per heavy atom. The normalized spacial score (nSPS) is 28.4. The van der Waals surface area contributed by atoms with Crippen LogP contribution in [0.1, 0.15) is 50.1 Å². The molecule has 4 rings (SSSR count). The smallest absolute Gasteiger partial charge is 0.315 e. The molecule has 1 saturated heterocycles. The summed E-state index contributed by atoms with van der Waals surface area (Å²) in [7, 11) is 2.11. The third kappa shape index (κ3) is 3.09. The lowest BCUT2D eigenvalue weighted by molar-refractivity contribution is -0.0356. The van der Waals surface area contributed by atoms with Gasteiger partial charge in [-0.15, -0.1) is 0 Å². The first-order valence-corrected chi connectivity index (χ1v) is 9.17. The minimum absolute atomic E-state index is 0.0385. The fraction of sp³-hybridized carbons (Fsp3) is 0.632. The van der Waals surface area contributed by atoms with E-state index >= 15 is 0 Å². The molecule has 1 spiro atoms. The topological polar surface area (TPSA) is 53.6 Å². The summed E-state index contributed by atoms with van der Waals surface area (Å²) in [5, 5.41) is 6.37. The number of amides is 2. The second kappa shape index (κ2) is 6.28. The highest BCUT2D eigenvalue weighted by Gasteiger charge is 2.45. The number of piperidine rings is 1. The van der Waals surface area contributed by atoms with Crippen molar-refractivity contribution in [2.45, 2.75) is 56.2 Å². The molecule has 1 aliphatic carbocycles. The number of nitrogens with one attached hydrogen (secondary N) is 2. The lowest BCUT2D eigenvalue weighted by atomic mass is 9.73. The van der Waals surface area contributed by atoms with Crippen molar-refractivity contribution in [1.29, 1.82) is 0 Å². The van der Waals surface area contributed by atoms with E-state index < -0.39 is 0 Å². The van der Waals surface area contributed by atoms with E-state index in [4.69, 9.17) is 4.74 Å². The monoisotopic (exact) mass is 329 g/mol. The van der Waals surface area contributed by atoms with Gasteiger partial charge in [0.25, 0.3) is 0 Å². The maximum absolute atomic E-state index is 12.5. The number of benzene rings is 1. The van der Waals surface area contributed by atoms with E-state index in [2.05, 4.69) is 28.6 Å². The molecule has 3 aliphatic rings. The number of urea groups is 1. The van der Waals surface area contributed by atoms with Crippen LogP contribution in [0.4, 0.5) is 4.79 Å². The number of likely N-dealkylation sites (N-methyl/N-ethyl adjacent to an activating group) is 1. The minimum Gasteiger partial charge on any atom is -0.487 e. The van der Waals surface area contributed by atoms with Gasteiger partial charge < -0.3 is 20.3 Å². The van der Waals surface area contributed by atoms with Gasteiger partial charge in [-0.05, 0) is 51.8 Å². The van der Waals surface area contributed by atoms with Gasteiger partial charge in [0.05, 0.1) is 6.04 Å². The molecule has 0 bridgehead atoms. The molecule has 0 radical (unpaired) electrons. The number of hydrogen-bond donors (Lipinski definition) is 2. The second-order valence-electron chi connectivity index (χ2n) is 7.65. The lowest BCUT2D eigenvalue weighted by Gasteiger charge is -2.48. The lowest BCUT2D eigenvalue weighted by Crippen LogP contribution is -2.53. The van der Waals surface area contributed by atoms with Gasteiger partial charge in [0.2, 0.25) is 0 Å². The highest BCUT2D eigenvalue weighted by atomic mass is 16.5. The van der Waals surface area contributed by atoms with Crippen LogP contribution in [0.25, 0.3) is 0 Å².